The van der Waals surface area contributed by atoms with Crippen LogP contribution in [0.1, 0.15) is 158 Å². The molecule has 0 saturated carbocycles. The predicted molar refractivity (Wildman–Crippen MR) is 518 cm³/mol. The number of hydrogen-bond acceptors (Lipinski definition) is 4. The Morgan fingerprint density at radius 3 is 0.795 bits per heavy atom. The molecule has 22 rings (SSSR count). The minimum absolute atomic E-state index is 0.121. The molecule has 0 amide bonds. The molecule has 0 bridgehead atoms. The molecule has 4 aliphatic rings. The van der Waals surface area contributed by atoms with Crippen LogP contribution < -0.4 is 35.7 Å². The quantitative estimate of drug-likeness (QED) is 0.165. The molecule has 0 spiro atoms. The molecule has 15 aromatic carbocycles. The summed E-state index contributed by atoms with van der Waals surface area (Å²) in [6.07, 6.45) is 0. The van der Waals surface area contributed by atoms with Crippen molar-refractivity contribution in [2.45, 2.75) is 157 Å². The molecule has 0 radical (unpaired) electrons. The van der Waals surface area contributed by atoms with Crippen LogP contribution in [0.2, 0.25) is 0 Å². The van der Waals surface area contributed by atoms with Crippen molar-refractivity contribution >= 4 is 123 Å². The predicted octanol–water partition coefficient (Wildman–Crippen LogP) is 29.7. The highest BCUT2D eigenvalue weighted by Crippen LogP contribution is 2.59. The van der Waals surface area contributed by atoms with E-state index < -0.39 is 6.71 Å². The van der Waals surface area contributed by atoms with Crippen LogP contribution in [0, 0.1) is 0 Å². The van der Waals surface area contributed by atoms with Gasteiger partial charge in [0, 0.05) is 111 Å². The van der Waals surface area contributed by atoms with E-state index in [0.717, 1.165) is 163 Å². The van der Waals surface area contributed by atoms with Crippen molar-refractivity contribution in [2.75, 3.05) is 9.80 Å². The zero-order valence-electron chi connectivity index (χ0n) is 73.3. The third kappa shape index (κ3) is 11.5. The van der Waals surface area contributed by atoms with E-state index in [1.165, 1.54) is 71.2 Å². The number of anilines is 6. The van der Waals surface area contributed by atoms with Crippen molar-refractivity contribution in [1.29, 1.82) is 0 Å². The number of aromatic nitrogens is 3. The number of rotatable bonds is 3. The fourth-order valence-corrected chi connectivity index (χ4v) is 20.4. The molecule has 3 aromatic heterocycles. The van der Waals surface area contributed by atoms with Crippen LogP contribution in [-0.2, 0) is 32.5 Å². The lowest BCUT2D eigenvalue weighted by Gasteiger charge is -2.47. The Morgan fingerprint density at radius 1 is 0.213 bits per heavy atom. The van der Waals surface area contributed by atoms with Crippen molar-refractivity contribution in [3.8, 4) is 84.6 Å². The fraction of sp³-hybridized carbons (Fsp3) is 0.211. The molecule has 0 saturated heterocycles. The lowest BCUT2D eigenvalue weighted by atomic mass is 9.33. The van der Waals surface area contributed by atoms with Gasteiger partial charge in [0.1, 0.15) is 23.0 Å². The van der Waals surface area contributed by atoms with Gasteiger partial charge in [-0.05, 0) is 228 Å². The van der Waals surface area contributed by atoms with Gasteiger partial charge in [-0.1, -0.05) is 270 Å². The minimum Gasteiger partial charge on any atom is -0.456 e. The lowest BCUT2D eigenvalue weighted by Crippen LogP contribution is -2.62. The second-order valence-corrected chi connectivity index (χ2v) is 41.0. The molecule has 0 N–H and O–H groups in total. The van der Waals surface area contributed by atoms with Gasteiger partial charge >= 0.3 is 0 Å². The van der Waals surface area contributed by atoms with E-state index in [-0.39, 0.29) is 32.5 Å². The summed E-state index contributed by atoms with van der Waals surface area (Å²) in [6.45, 7) is 41.6. The van der Waals surface area contributed by atoms with Crippen LogP contribution >= 0.6 is 0 Å². The van der Waals surface area contributed by atoms with Gasteiger partial charge in [0.2, 0.25) is 0 Å². The summed E-state index contributed by atoms with van der Waals surface area (Å²) in [6, 6.07) is 113. The van der Waals surface area contributed by atoms with E-state index in [0.29, 0.717) is 0 Å². The molecular formula is C114H102BN5O2. The van der Waals surface area contributed by atoms with Crippen molar-refractivity contribution in [3.05, 3.63) is 325 Å². The molecule has 0 aliphatic carbocycles. The maximum Gasteiger partial charge on any atom is 0.252 e. The Kier molecular flexibility index (Phi) is 16.2. The standard InChI is InChI=1S/C114H102BN5O2/c1-109(2,3)67-47-53-98-82(55-67)78-33-21-27-39-102(78)121-104-41-29-23-35-80(104)88-61-73(116-94-49-43-69(111(7,8)9)57-84(94)85-58-70(112(10,11)12)44-50-95(85)116)63-90-107(88)119(98)100-65-75(118-92-37-25-19-31-76(92)77-32-20-26-38-93(77)118)66-101-106(100)115(90)91-64-74(117-96-51-45-71(113(13,14)15)59-86(96)87-60-72(114(16,17)18)46-52-97(87)117)62-89-81-36-24-30-42-105(81)122-103-40-28-22-34-79(103)83-56-68(110(4,5)6)48-54-99(83)120(101)108(89)91/h19-66H,1-18H3. The van der Waals surface area contributed by atoms with Gasteiger partial charge in [0.25, 0.3) is 6.71 Å². The van der Waals surface area contributed by atoms with Crippen LogP contribution in [-0.4, -0.2) is 20.4 Å². The molecule has 598 valence electrons. The smallest absolute Gasteiger partial charge is 0.252 e. The van der Waals surface area contributed by atoms with Crippen LogP contribution in [0.5, 0.6) is 23.0 Å². The van der Waals surface area contributed by atoms with Gasteiger partial charge in [0.15, 0.2) is 0 Å². The zero-order valence-corrected chi connectivity index (χ0v) is 73.3. The number of nitrogens with zero attached hydrogens (tertiary/aromatic N) is 5. The summed E-state index contributed by atoms with van der Waals surface area (Å²) < 4.78 is 23.3. The largest absolute Gasteiger partial charge is 0.456 e. The molecule has 8 heteroatoms. The first-order valence-electron chi connectivity index (χ1n) is 43.6. The Balaban J connectivity index is 0.991. The van der Waals surface area contributed by atoms with E-state index in [1.54, 1.807) is 0 Å². The molecule has 122 heavy (non-hydrogen) atoms. The van der Waals surface area contributed by atoms with Gasteiger partial charge in [-0.3, -0.25) is 0 Å². The van der Waals surface area contributed by atoms with Gasteiger partial charge in [0.05, 0.1) is 50.2 Å². The number of ether oxygens (including phenoxy) is 2. The highest BCUT2D eigenvalue weighted by atomic mass is 16.5. The Labute approximate surface area is 717 Å². The van der Waals surface area contributed by atoms with Crippen LogP contribution in [0.15, 0.2) is 291 Å². The monoisotopic (exact) mass is 1580 g/mol. The summed E-state index contributed by atoms with van der Waals surface area (Å²) in [4.78, 5) is 5.45. The van der Waals surface area contributed by atoms with Crippen molar-refractivity contribution in [1.82, 2.24) is 13.7 Å². The maximum absolute atomic E-state index is 7.75. The summed E-state index contributed by atoms with van der Waals surface area (Å²) in [7, 11) is 0. The van der Waals surface area contributed by atoms with Crippen LogP contribution in [0.25, 0.3) is 127 Å². The summed E-state index contributed by atoms with van der Waals surface area (Å²) in [5.41, 5.74) is 34.6. The van der Waals surface area contributed by atoms with Crippen molar-refractivity contribution in [3.63, 3.8) is 0 Å². The van der Waals surface area contributed by atoms with E-state index in [4.69, 9.17) is 9.47 Å². The van der Waals surface area contributed by atoms with E-state index in [1.807, 2.05) is 0 Å². The third-order valence-electron chi connectivity index (χ3n) is 26.9. The minimum atomic E-state index is -0.496. The van der Waals surface area contributed by atoms with Gasteiger partial charge in [-0.15, -0.1) is 0 Å². The average molecular weight is 1580 g/mol. The topological polar surface area (TPSA) is 39.7 Å². The van der Waals surface area contributed by atoms with Crippen LogP contribution in [0.3, 0.4) is 0 Å². The van der Waals surface area contributed by atoms with E-state index >= 15 is 0 Å². The van der Waals surface area contributed by atoms with Crippen molar-refractivity contribution < 1.29 is 9.47 Å². The summed E-state index contributed by atoms with van der Waals surface area (Å²) in [5, 5.41) is 7.28. The molecule has 18 aromatic rings. The second kappa shape index (κ2) is 26.2. The molecule has 7 heterocycles. The number of para-hydroxylation sites is 6. The number of hydrogen-bond donors (Lipinski definition) is 0. The van der Waals surface area contributed by atoms with Gasteiger partial charge in [-0.25, -0.2) is 0 Å². The van der Waals surface area contributed by atoms with Crippen molar-refractivity contribution in [2.24, 2.45) is 0 Å². The maximum atomic E-state index is 7.75. The molecule has 0 unspecified atom stereocenters. The molecule has 4 aliphatic heterocycles. The SMILES string of the molecule is CC(C)(C)c1ccc2c(c1)-c1ccccc1Oc1ccccc1-c1cc(-n3c4ccc(C(C)(C)C)cc4c4cc(C(C)(C)C)ccc43)cc3c1N2c1cc(-n2c4ccccc4c4ccccc42)cc2c1B3c1cc(-n3c4ccc(C(C)(C)C)cc4c4cc(C(C)(C)C)ccc43)cc3c1N2c1ccc(C(C)(C)C)cc1-c1ccccc1Oc1ccccc1-3. The Morgan fingerprint density at radius 2 is 0.475 bits per heavy atom. The zero-order chi connectivity index (χ0) is 84.1. The third-order valence-corrected chi connectivity index (χ3v) is 26.9. The first kappa shape index (κ1) is 75.2. The van der Waals surface area contributed by atoms with E-state index in [9.17, 15) is 0 Å². The Bertz CT molecular complexity index is 6960. The fourth-order valence-electron chi connectivity index (χ4n) is 20.4. The normalized spacial score (nSPS) is 13.7. The summed E-state index contributed by atoms with van der Waals surface area (Å²) >= 11 is 0. The first-order valence-corrected chi connectivity index (χ1v) is 43.6. The Hall–Kier alpha value is -13.0. The molecule has 7 nitrogen and oxygen atoms in total. The highest BCUT2D eigenvalue weighted by Gasteiger charge is 2.49. The number of benzene rings is 15. The van der Waals surface area contributed by atoms with Gasteiger partial charge < -0.3 is 33.0 Å². The molecular weight excluding hydrogens is 1480 g/mol. The highest BCUT2D eigenvalue weighted by molar-refractivity contribution is 7.00. The number of fused-ring (bicyclic) bond motifs is 25. The second-order valence-electron chi connectivity index (χ2n) is 41.0. The van der Waals surface area contributed by atoms with Crippen LogP contribution in [0.4, 0.5) is 34.1 Å². The summed E-state index contributed by atoms with van der Waals surface area (Å²) in [5.74, 6) is 3.09. The lowest BCUT2D eigenvalue weighted by molar-refractivity contribution is 0.486. The average Bonchev–Trinajstić information content (AvgIpc) is 0.811. The van der Waals surface area contributed by atoms with E-state index in [2.05, 4.69) is 439 Å². The molecule has 0 fully saturated rings. The van der Waals surface area contributed by atoms with Gasteiger partial charge in [-0.2, -0.15) is 0 Å². The first-order chi connectivity index (χ1) is 58.3. The molecule has 0 atom stereocenters.